The lowest BCUT2D eigenvalue weighted by Crippen LogP contribution is -2.40. The number of hydrogen-bond acceptors (Lipinski definition) is 5. The molecule has 1 heterocycles. The minimum Gasteiger partial charge on any atom is -0.495 e. The van der Waals surface area contributed by atoms with Gasteiger partial charge in [-0.25, -0.2) is 12.7 Å². The Morgan fingerprint density at radius 2 is 1.93 bits per heavy atom. The molecule has 27 heavy (non-hydrogen) atoms. The van der Waals surface area contributed by atoms with Gasteiger partial charge in [0.15, 0.2) is 0 Å². The molecule has 1 aromatic rings. The lowest BCUT2D eigenvalue weighted by Gasteiger charge is -2.32. The van der Waals surface area contributed by atoms with E-state index in [0.29, 0.717) is 24.6 Å². The Bertz CT molecular complexity index is 732. The van der Waals surface area contributed by atoms with Crippen LogP contribution in [0.4, 0.5) is 0 Å². The van der Waals surface area contributed by atoms with Crippen LogP contribution < -0.4 is 10.1 Å². The molecular formula is C18H30ClN3O4S. The highest BCUT2D eigenvalue weighted by molar-refractivity contribution is 7.89. The third-order valence-electron chi connectivity index (χ3n) is 4.75. The molecule has 0 spiro atoms. The summed E-state index contributed by atoms with van der Waals surface area (Å²) in [5.41, 5.74) is 0.372. The summed E-state index contributed by atoms with van der Waals surface area (Å²) in [6.07, 6.45) is 1.91. The van der Waals surface area contributed by atoms with Crippen LogP contribution in [0.3, 0.4) is 0 Å². The fraction of sp³-hybridized carbons (Fsp3) is 0.611. The summed E-state index contributed by atoms with van der Waals surface area (Å²) in [4.78, 5) is 14.6. The van der Waals surface area contributed by atoms with Crippen molar-refractivity contribution in [1.29, 1.82) is 0 Å². The van der Waals surface area contributed by atoms with Crippen molar-refractivity contribution in [2.75, 3.05) is 47.4 Å². The van der Waals surface area contributed by atoms with Gasteiger partial charge in [0.2, 0.25) is 10.0 Å². The first-order chi connectivity index (χ1) is 12.3. The van der Waals surface area contributed by atoms with Gasteiger partial charge in [0.05, 0.1) is 7.11 Å². The van der Waals surface area contributed by atoms with Crippen molar-refractivity contribution in [2.24, 2.45) is 5.92 Å². The molecular weight excluding hydrogens is 390 g/mol. The van der Waals surface area contributed by atoms with Crippen molar-refractivity contribution in [3.63, 3.8) is 0 Å². The van der Waals surface area contributed by atoms with Gasteiger partial charge in [0, 0.05) is 32.7 Å². The third-order valence-corrected chi connectivity index (χ3v) is 6.59. The number of nitrogens with zero attached hydrogens (tertiary/aromatic N) is 2. The molecule has 0 unspecified atom stereocenters. The van der Waals surface area contributed by atoms with Crippen LogP contribution in [0.25, 0.3) is 0 Å². The first kappa shape index (κ1) is 23.7. The van der Waals surface area contributed by atoms with Crippen LogP contribution in [0.1, 0.15) is 30.1 Å². The van der Waals surface area contributed by atoms with E-state index in [1.165, 1.54) is 27.3 Å². The fourth-order valence-corrected chi connectivity index (χ4v) is 4.15. The number of rotatable bonds is 7. The maximum atomic E-state index is 12.8. The van der Waals surface area contributed by atoms with Crippen LogP contribution in [-0.2, 0) is 10.0 Å². The maximum Gasteiger partial charge on any atom is 0.253 e. The molecule has 0 radical (unpaired) electrons. The highest BCUT2D eigenvalue weighted by Gasteiger charge is 2.27. The van der Waals surface area contributed by atoms with E-state index < -0.39 is 10.0 Å². The average molecular weight is 420 g/mol. The van der Waals surface area contributed by atoms with Gasteiger partial charge < -0.3 is 15.0 Å². The van der Waals surface area contributed by atoms with Crippen molar-refractivity contribution >= 4 is 28.3 Å². The van der Waals surface area contributed by atoms with Crippen LogP contribution in [0, 0.1) is 5.92 Å². The van der Waals surface area contributed by atoms with Crippen LogP contribution in [0.2, 0.25) is 0 Å². The number of carbonyl (C=O) groups excluding carboxylic acids is 1. The topological polar surface area (TPSA) is 79.0 Å². The number of nitrogens with one attached hydrogen (secondary N) is 1. The average Bonchev–Trinajstić information content (AvgIpc) is 2.65. The summed E-state index contributed by atoms with van der Waals surface area (Å²) in [7, 11) is 0.635. The Morgan fingerprint density at radius 1 is 1.30 bits per heavy atom. The SMILES string of the molecule is CCNCC1CCN(C(=O)c2ccc(OC)c(S(=O)(=O)N(C)C)c2)CC1.Cl. The van der Waals surface area contributed by atoms with E-state index in [2.05, 4.69) is 12.2 Å². The molecule has 1 amide bonds. The fourth-order valence-electron chi connectivity index (χ4n) is 3.08. The molecule has 0 saturated carbocycles. The van der Waals surface area contributed by atoms with Crippen LogP contribution in [0.15, 0.2) is 23.1 Å². The summed E-state index contributed by atoms with van der Waals surface area (Å²) in [5.74, 6) is 0.684. The number of ether oxygens (including phenoxy) is 1. The molecule has 0 aliphatic carbocycles. The summed E-state index contributed by atoms with van der Waals surface area (Å²) in [6, 6.07) is 4.59. The number of amides is 1. The van der Waals surface area contributed by atoms with E-state index in [9.17, 15) is 13.2 Å². The van der Waals surface area contributed by atoms with Gasteiger partial charge in [0.1, 0.15) is 10.6 Å². The Morgan fingerprint density at radius 3 is 2.44 bits per heavy atom. The second-order valence-corrected chi connectivity index (χ2v) is 8.82. The maximum absolute atomic E-state index is 12.8. The molecule has 1 aliphatic rings. The number of carbonyl (C=O) groups is 1. The van der Waals surface area contributed by atoms with Gasteiger partial charge in [-0.05, 0) is 50.0 Å². The summed E-state index contributed by atoms with van der Waals surface area (Å²) < 4.78 is 31.3. The molecule has 2 rings (SSSR count). The first-order valence-electron chi connectivity index (χ1n) is 8.91. The molecule has 7 nitrogen and oxygen atoms in total. The lowest BCUT2D eigenvalue weighted by atomic mass is 9.96. The van der Waals surface area contributed by atoms with Gasteiger partial charge >= 0.3 is 0 Å². The standard InChI is InChI=1S/C18H29N3O4S.ClH/c1-5-19-13-14-8-10-21(11-9-14)18(22)15-6-7-16(25-4)17(12-15)26(23,24)20(2)3;/h6-7,12,14,19H,5,8-11,13H2,1-4H3;1H. The zero-order chi connectivity index (χ0) is 19.3. The van der Waals surface area contributed by atoms with Crippen LogP contribution in [0.5, 0.6) is 5.75 Å². The van der Waals surface area contributed by atoms with E-state index in [0.717, 1.165) is 30.2 Å². The van der Waals surface area contributed by atoms with E-state index in [4.69, 9.17) is 4.74 Å². The van der Waals surface area contributed by atoms with E-state index in [1.54, 1.807) is 17.0 Å². The predicted molar refractivity (Wildman–Crippen MR) is 108 cm³/mol. The van der Waals surface area contributed by atoms with Crippen LogP contribution >= 0.6 is 12.4 Å². The van der Waals surface area contributed by atoms with Gasteiger partial charge in [0.25, 0.3) is 5.91 Å². The number of piperidine rings is 1. The first-order valence-corrected chi connectivity index (χ1v) is 10.4. The molecule has 0 atom stereocenters. The molecule has 0 bridgehead atoms. The predicted octanol–water partition coefficient (Wildman–Crippen LogP) is 1.83. The summed E-state index contributed by atoms with van der Waals surface area (Å²) in [6.45, 7) is 5.40. The smallest absolute Gasteiger partial charge is 0.253 e. The number of sulfonamides is 1. The van der Waals surface area contributed by atoms with Crippen molar-refractivity contribution in [3.8, 4) is 5.75 Å². The minimum absolute atomic E-state index is 0. The number of benzene rings is 1. The zero-order valence-electron chi connectivity index (χ0n) is 16.4. The van der Waals surface area contributed by atoms with Gasteiger partial charge in [-0.3, -0.25) is 4.79 Å². The Hall–Kier alpha value is -1.35. The molecule has 1 saturated heterocycles. The lowest BCUT2D eigenvalue weighted by molar-refractivity contribution is 0.0690. The van der Waals surface area contributed by atoms with Gasteiger partial charge in [-0.2, -0.15) is 0 Å². The largest absolute Gasteiger partial charge is 0.495 e. The highest BCUT2D eigenvalue weighted by Crippen LogP contribution is 2.28. The number of hydrogen-bond donors (Lipinski definition) is 1. The highest BCUT2D eigenvalue weighted by atomic mass is 35.5. The van der Waals surface area contributed by atoms with Gasteiger partial charge in [-0.15, -0.1) is 12.4 Å². The van der Waals surface area contributed by atoms with E-state index in [-0.39, 0.29) is 29.0 Å². The van der Waals surface area contributed by atoms with Crippen molar-refractivity contribution in [1.82, 2.24) is 14.5 Å². The monoisotopic (exact) mass is 419 g/mol. The summed E-state index contributed by atoms with van der Waals surface area (Å²) in [5, 5.41) is 3.35. The second kappa shape index (κ2) is 10.3. The minimum atomic E-state index is -3.70. The zero-order valence-corrected chi connectivity index (χ0v) is 18.0. The molecule has 9 heteroatoms. The van der Waals surface area contributed by atoms with Crippen molar-refractivity contribution < 1.29 is 17.9 Å². The van der Waals surface area contributed by atoms with Crippen LogP contribution in [-0.4, -0.2) is 70.9 Å². The molecule has 154 valence electrons. The Balaban J connectivity index is 0.00000364. The number of likely N-dealkylation sites (tertiary alicyclic amines) is 1. The molecule has 1 N–H and O–H groups in total. The normalized spacial score (nSPS) is 15.5. The second-order valence-electron chi connectivity index (χ2n) is 6.70. The van der Waals surface area contributed by atoms with E-state index >= 15 is 0 Å². The van der Waals surface area contributed by atoms with Crippen molar-refractivity contribution in [2.45, 2.75) is 24.7 Å². The number of halogens is 1. The summed E-state index contributed by atoms with van der Waals surface area (Å²) >= 11 is 0. The molecule has 1 aromatic carbocycles. The molecule has 1 aliphatic heterocycles. The number of methoxy groups -OCH3 is 1. The van der Waals surface area contributed by atoms with Crippen molar-refractivity contribution in [3.05, 3.63) is 23.8 Å². The quantitative estimate of drug-likeness (QED) is 0.729. The molecule has 1 fully saturated rings. The van der Waals surface area contributed by atoms with E-state index in [1.807, 2.05) is 0 Å². The third kappa shape index (κ3) is 5.57. The molecule has 0 aromatic heterocycles. The Labute approximate surface area is 168 Å². The van der Waals surface area contributed by atoms with Gasteiger partial charge in [-0.1, -0.05) is 6.92 Å². The Kier molecular flexibility index (Phi) is 9.01.